The second-order valence-corrected chi connectivity index (χ2v) is 6.61. The van der Waals surface area contributed by atoms with Crippen LogP contribution in [0.5, 0.6) is 0 Å². The van der Waals surface area contributed by atoms with Gasteiger partial charge in [-0.25, -0.2) is 0 Å². The molecule has 0 radical (unpaired) electrons. The van der Waals surface area contributed by atoms with Gasteiger partial charge in [0.25, 0.3) is 0 Å². The Hall–Kier alpha value is 0.0300. The standard InChI is InChI=1S/C11H25NO3S/c1-9(8-16(5)14)12-6-10(13)7-15-11(2,3)4/h9-10,12-13H,6-8H2,1-5H3. The molecule has 0 aliphatic rings. The van der Waals surface area contributed by atoms with Gasteiger partial charge in [-0.3, -0.25) is 4.21 Å². The average Bonchev–Trinajstić information content (AvgIpc) is 2.09. The summed E-state index contributed by atoms with van der Waals surface area (Å²) in [7, 11) is -0.804. The lowest BCUT2D eigenvalue weighted by Crippen LogP contribution is -2.39. The smallest absolute Gasteiger partial charge is 0.0898 e. The van der Waals surface area contributed by atoms with E-state index < -0.39 is 16.9 Å². The zero-order valence-electron chi connectivity index (χ0n) is 10.9. The minimum absolute atomic E-state index is 0.148. The summed E-state index contributed by atoms with van der Waals surface area (Å²) >= 11 is 0. The maximum absolute atomic E-state index is 10.9. The summed E-state index contributed by atoms with van der Waals surface area (Å²) in [4.78, 5) is 0. The minimum atomic E-state index is -0.804. The molecule has 0 aliphatic carbocycles. The monoisotopic (exact) mass is 251 g/mol. The number of ether oxygens (including phenoxy) is 1. The van der Waals surface area contributed by atoms with Crippen molar-refractivity contribution in [2.45, 2.75) is 45.4 Å². The number of aliphatic hydroxyl groups excluding tert-OH is 1. The highest BCUT2D eigenvalue weighted by Crippen LogP contribution is 2.06. The van der Waals surface area contributed by atoms with Gasteiger partial charge in [0.2, 0.25) is 0 Å². The van der Waals surface area contributed by atoms with E-state index in [0.29, 0.717) is 18.9 Å². The molecule has 0 aliphatic heterocycles. The molecule has 16 heavy (non-hydrogen) atoms. The predicted molar refractivity (Wildman–Crippen MR) is 68.1 cm³/mol. The Morgan fingerprint density at radius 3 is 2.44 bits per heavy atom. The molecule has 0 saturated heterocycles. The summed E-state index contributed by atoms with van der Waals surface area (Å²) in [6.07, 6.45) is 1.16. The van der Waals surface area contributed by atoms with Crippen LogP contribution in [0.25, 0.3) is 0 Å². The SMILES string of the molecule is CC(CS(C)=O)NCC(O)COC(C)(C)C. The van der Waals surface area contributed by atoms with Crippen LogP contribution in [0.2, 0.25) is 0 Å². The van der Waals surface area contributed by atoms with E-state index in [1.165, 1.54) is 0 Å². The molecular weight excluding hydrogens is 226 g/mol. The van der Waals surface area contributed by atoms with E-state index in [-0.39, 0.29) is 11.6 Å². The fourth-order valence-electron chi connectivity index (χ4n) is 1.15. The largest absolute Gasteiger partial charge is 0.389 e. The van der Waals surface area contributed by atoms with Gasteiger partial charge in [0.05, 0.1) is 18.3 Å². The summed E-state index contributed by atoms with van der Waals surface area (Å²) in [6.45, 7) is 8.60. The molecule has 0 aromatic rings. The van der Waals surface area contributed by atoms with Crippen molar-refractivity contribution in [3.63, 3.8) is 0 Å². The maximum atomic E-state index is 10.9. The zero-order chi connectivity index (χ0) is 12.8. The van der Waals surface area contributed by atoms with Gasteiger partial charge in [0.15, 0.2) is 0 Å². The van der Waals surface area contributed by atoms with Crippen LogP contribution in [0.1, 0.15) is 27.7 Å². The van der Waals surface area contributed by atoms with Crippen molar-refractivity contribution in [3.8, 4) is 0 Å². The molecule has 0 aromatic heterocycles. The van der Waals surface area contributed by atoms with Crippen molar-refractivity contribution in [3.05, 3.63) is 0 Å². The quantitative estimate of drug-likeness (QED) is 0.692. The summed E-state index contributed by atoms with van der Waals surface area (Å²) in [5.41, 5.74) is -0.225. The number of aliphatic hydroxyl groups is 1. The van der Waals surface area contributed by atoms with Gasteiger partial charge in [0.1, 0.15) is 0 Å². The average molecular weight is 251 g/mol. The third-order valence-corrected chi connectivity index (χ3v) is 2.86. The maximum Gasteiger partial charge on any atom is 0.0898 e. The van der Waals surface area contributed by atoms with Gasteiger partial charge in [-0.15, -0.1) is 0 Å². The van der Waals surface area contributed by atoms with E-state index in [4.69, 9.17) is 4.74 Å². The van der Waals surface area contributed by atoms with Gasteiger partial charge in [-0.05, 0) is 27.7 Å². The molecule has 0 heterocycles. The van der Waals surface area contributed by atoms with Crippen LogP contribution in [0.3, 0.4) is 0 Å². The Labute approximate surface area is 101 Å². The first-order valence-corrected chi connectivity index (χ1v) is 7.29. The second kappa shape index (κ2) is 7.37. The summed E-state index contributed by atoms with van der Waals surface area (Å²) in [5, 5.41) is 12.8. The Kier molecular flexibility index (Phi) is 7.39. The minimum Gasteiger partial charge on any atom is -0.389 e. The van der Waals surface area contributed by atoms with E-state index >= 15 is 0 Å². The fraction of sp³-hybridized carbons (Fsp3) is 1.00. The molecule has 98 valence electrons. The van der Waals surface area contributed by atoms with E-state index in [2.05, 4.69) is 5.32 Å². The van der Waals surface area contributed by atoms with Gasteiger partial charge in [0, 0.05) is 35.4 Å². The molecule has 5 heteroatoms. The Morgan fingerprint density at radius 2 is 2.00 bits per heavy atom. The van der Waals surface area contributed by atoms with E-state index in [1.807, 2.05) is 27.7 Å². The van der Waals surface area contributed by atoms with Crippen LogP contribution in [-0.4, -0.2) is 52.2 Å². The van der Waals surface area contributed by atoms with Crippen molar-refractivity contribution in [1.82, 2.24) is 5.32 Å². The molecule has 0 rings (SSSR count). The van der Waals surface area contributed by atoms with Crippen LogP contribution in [0.4, 0.5) is 0 Å². The third-order valence-electron chi connectivity index (χ3n) is 1.90. The number of nitrogens with one attached hydrogen (secondary N) is 1. The first kappa shape index (κ1) is 16.0. The number of hydrogen-bond acceptors (Lipinski definition) is 4. The van der Waals surface area contributed by atoms with E-state index in [1.54, 1.807) is 6.26 Å². The van der Waals surface area contributed by atoms with Crippen molar-refractivity contribution < 1.29 is 14.1 Å². The molecular formula is C11H25NO3S. The first-order valence-electron chi connectivity index (χ1n) is 5.56. The van der Waals surface area contributed by atoms with Crippen LogP contribution >= 0.6 is 0 Å². The normalized spacial score (nSPS) is 18.1. The molecule has 3 atom stereocenters. The molecule has 2 N–H and O–H groups in total. The summed E-state index contributed by atoms with van der Waals surface area (Å²) in [6, 6.07) is 0.148. The van der Waals surface area contributed by atoms with Crippen molar-refractivity contribution in [2.24, 2.45) is 0 Å². The van der Waals surface area contributed by atoms with Crippen LogP contribution in [0.15, 0.2) is 0 Å². The summed E-state index contributed by atoms with van der Waals surface area (Å²) in [5.74, 6) is 0.604. The second-order valence-electron chi connectivity index (χ2n) is 5.13. The lowest BCUT2D eigenvalue weighted by Gasteiger charge is -2.23. The van der Waals surface area contributed by atoms with E-state index in [0.717, 1.165) is 0 Å². The van der Waals surface area contributed by atoms with Gasteiger partial charge < -0.3 is 15.2 Å². The molecule has 3 unspecified atom stereocenters. The molecule has 0 aromatic carbocycles. The Balaban J connectivity index is 3.64. The van der Waals surface area contributed by atoms with Crippen LogP contribution < -0.4 is 5.32 Å². The highest BCUT2D eigenvalue weighted by atomic mass is 32.2. The zero-order valence-corrected chi connectivity index (χ0v) is 11.8. The molecule has 0 saturated carbocycles. The highest BCUT2D eigenvalue weighted by Gasteiger charge is 2.14. The van der Waals surface area contributed by atoms with Crippen LogP contribution in [-0.2, 0) is 15.5 Å². The van der Waals surface area contributed by atoms with Crippen molar-refractivity contribution >= 4 is 10.8 Å². The van der Waals surface area contributed by atoms with Gasteiger partial charge in [-0.2, -0.15) is 0 Å². The number of hydrogen-bond donors (Lipinski definition) is 2. The topological polar surface area (TPSA) is 58.6 Å². The molecule has 4 nitrogen and oxygen atoms in total. The first-order chi connectivity index (χ1) is 7.20. The van der Waals surface area contributed by atoms with Gasteiger partial charge in [-0.1, -0.05) is 0 Å². The number of rotatable bonds is 7. The molecule has 0 amide bonds. The van der Waals surface area contributed by atoms with Crippen molar-refractivity contribution in [1.29, 1.82) is 0 Å². The van der Waals surface area contributed by atoms with E-state index in [9.17, 15) is 9.32 Å². The lowest BCUT2D eigenvalue weighted by molar-refractivity contribution is -0.0481. The highest BCUT2D eigenvalue weighted by molar-refractivity contribution is 7.84. The Bertz CT molecular complexity index is 216. The Morgan fingerprint density at radius 1 is 1.44 bits per heavy atom. The van der Waals surface area contributed by atoms with Crippen molar-refractivity contribution in [2.75, 3.05) is 25.2 Å². The molecule has 0 bridgehead atoms. The van der Waals surface area contributed by atoms with Crippen LogP contribution in [0, 0.1) is 0 Å². The fourth-order valence-corrected chi connectivity index (χ4v) is 1.98. The predicted octanol–water partition coefficient (Wildman–Crippen LogP) is 0.519. The summed E-state index contributed by atoms with van der Waals surface area (Å²) < 4.78 is 16.4. The lowest BCUT2D eigenvalue weighted by atomic mass is 10.2. The molecule has 0 spiro atoms. The molecule has 0 fully saturated rings. The van der Waals surface area contributed by atoms with Gasteiger partial charge >= 0.3 is 0 Å². The third kappa shape index (κ3) is 10.5.